The molecule has 3 aliphatic rings. The normalized spacial score (nSPS) is 51.1. The van der Waals surface area contributed by atoms with Gasteiger partial charge in [-0.05, 0) is 24.7 Å². The first kappa shape index (κ1) is 7.35. The average molecular weight is 181 g/mol. The Hall–Kier alpha value is -1.06. The average Bonchev–Trinajstić information content (AvgIpc) is 2.60. The van der Waals surface area contributed by atoms with E-state index in [1.165, 1.54) is 0 Å². The summed E-state index contributed by atoms with van der Waals surface area (Å²) in [6.07, 6.45) is 1.81. The number of rotatable bonds is 1. The molecule has 1 saturated heterocycles. The summed E-state index contributed by atoms with van der Waals surface area (Å²) in [5.41, 5.74) is 0. The minimum absolute atomic E-state index is 0.0256. The van der Waals surface area contributed by atoms with Crippen LogP contribution >= 0.6 is 0 Å². The molecule has 0 radical (unpaired) electrons. The van der Waals surface area contributed by atoms with Crippen molar-refractivity contribution < 1.29 is 14.7 Å². The number of fused-ring (bicyclic) bond motifs is 1. The molecular weight excluding hydrogens is 170 g/mol. The minimum Gasteiger partial charge on any atom is -0.481 e. The van der Waals surface area contributed by atoms with Crippen LogP contribution in [-0.4, -0.2) is 23.0 Å². The number of nitrogens with one attached hydrogen (secondary N) is 1. The molecule has 5 atom stereocenters. The van der Waals surface area contributed by atoms with Gasteiger partial charge < -0.3 is 10.4 Å². The van der Waals surface area contributed by atoms with E-state index in [2.05, 4.69) is 5.32 Å². The lowest BCUT2D eigenvalue weighted by Gasteiger charge is -2.21. The van der Waals surface area contributed by atoms with Crippen molar-refractivity contribution in [1.29, 1.82) is 0 Å². The van der Waals surface area contributed by atoms with E-state index < -0.39 is 11.9 Å². The first-order valence-corrected chi connectivity index (χ1v) is 4.71. The molecule has 2 N–H and O–H groups in total. The van der Waals surface area contributed by atoms with Crippen molar-refractivity contribution in [3.8, 4) is 0 Å². The summed E-state index contributed by atoms with van der Waals surface area (Å²) in [4.78, 5) is 22.4. The third kappa shape index (κ3) is 0.716. The molecule has 70 valence electrons. The second-order valence-corrected chi connectivity index (χ2v) is 4.40. The Morgan fingerprint density at radius 1 is 1.46 bits per heavy atom. The minimum atomic E-state index is -0.784. The van der Waals surface area contributed by atoms with Crippen molar-refractivity contribution in [3.05, 3.63) is 0 Å². The van der Waals surface area contributed by atoms with Crippen molar-refractivity contribution in [2.24, 2.45) is 23.7 Å². The smallest absolute Gasteiger partial charge is 0.307 e. The summed E-state index contributed by atoms with van der Waals surface area (Å²) in [5.74, 6) is -0.865. The van der Waals surface area contributed by atoms with Gasteiger partial charge in [0.1, 0.15) is 0 Å². The fourth-order valence-electron chi connectivity index (χ4n) is 3.52. The lowest BCUT2D eigenvalue weighted by Crippen LogP contribution is -2.31. The predicted octanol–water partition coefficient (Wildman–Crippen LogP) is -0.158. The number of carboxylic acids is 1. The van der Waals surface area contributed by atoms with E-state index in [1.54, 1.807) is 0 Å². The maximum atomic E-state index is 11.4. The molecule has 2 saturated carbocycles. The van der Waals surface area contributed by atoms with Crippen LogP contribution in [0.2, 0.25) is 0 Å². The fourth-order valence-corrected chi connectivity index (χ4v) is 3.52. The summed E-state index contributed by atoms with van der Waals surface area (Å²) in [6, 6.07) is 0.290. The number of hydrogen-bond donors (Lipinski definition) is 2. The van der Waals surface area contributed by atoms with Gasteiger partial charge in [-0.25, -0.2) is 0 Å². The van der Waals surface area contributed by atoms with Crippen molar-refractivity contribution >= 4 is 11.9 Å². The van der Waals surface area contributed by atoms with Crippen LogP contribution < -0.4 is 5.32 Å². The Morgan fingerprint density at radius 2 is 2.23 bits per heavy atom. The van der Waals surface area contributed by atoms with Crippen molar-refractivity contribution in [2.45, 2.75) is 18.9 Å². The molecule has 1 aliphatic heterocycles. The molecule has 0 aromatic rings. The van der Waals surface area contributed by atoms with Gasteiger partial charge in [-0.2, -0.15) is 0 Å². The molecule has 2 aliphatic carbocycles. The SMILES string of the molecule is O=C1N[C@@H]2C[C@@H]3C[C@@H]2[C@@H]1[C@H]3C(=O)O. The van der Waals surface area contributed by atoms with E-state index in [1.807, 2.05) is 0 Å². The molecule has 0 aromatic carbocycles. The number of amides is 1. The molecular formula is C9H11NO3. The summed E-state index contributed by atoms with van der Waals surface area (Å²) in [6.45, 7) is 0. The summed E-state index contributed by atoms with van der Waals surface area (Å²) in [7, 11) is 0. The monoisotopic (exact) mass is 181 g/mol. The molecule has 4 heteroatoms. The van der Waals surface area contributed by atoms with Crippen LogP contribution in [0.25, 0.3) is 0 Å². The maximum absolute atomic E-state index is 11.4. The number of carbonyl (C=O) groups is 2. The Bertz CT molecular complexity index is 299. The van der Waals surface area contributed by atoms with Crippen LogP contribution in [0.3, 0.4) is 0 Å². The van der Waals surface area contributed by atoms with Gasteiger partial charge in [0.15, 0.2) is 0 Å². The highest BCUT2D eigenvalue weighted by molar-refractivity contribution is 5.89. The van der Waals surface area contributed by atoms with Crippen molar-refractivity contribution in [1.82, 2.24) is 5.32 Å². The maximum Gasteiger partial charge on any atom is 0.307 e. The van der Waals surface area contributed by atoms with Gasteiger partial charge in [0.25, 0.3) is 0 Å². The standard InChI is InChI=1S/C9H11NO3/c11-8-7-4-1-3(2-5(4)10-8)6(7)9(12)13/h3-7H,1-2H2,(H,10,11)(H,12,13)/t3-,4-,5+,6-,7+/m0/s1. The van der Waals surface area contributed by atoms with E-state index in [4.69, 9.17) is 5.11 Å². The number of hydrogen-bond acceptors (Lipinski definition) is 2. The molecule has 0 unspecified atom stereocenters. The molecule has 3 rings (SSSR count). The molecule has 2 bridgehead atoms. The zero-order valence-corrected chi connectivity index (χ0v) is 7.06. The lowest BCUT2D eigenvalue weighted by molar-refractivity contribution is -0.147. The Balaban J connectivity index is 2.01. The van der Waals surface area contributed by atoms with E-state index in [0.29, 0.717) is 5.92 Å². The van der Waals surface area contributed by atoms with E-state index in [9.17, 15) is 9.59 Å². The first-order valence-electron chi connectivity index (χ1n) is 4.71. The van der Waals surface area contributed by atoms with Gasteiger partial charge in [0.2, 0.25) is 5.91 Å². The molecule has 1 heterocycles. The molecule has 0 aromatic heterocycles. The van der Waals surface area contributed by atoms with Gasteiger partial charge in [0.05, 0.1) is 11.8 Å². The van der Waals surface area contributed by atoms with Crippen LogP contribution in [-0.2, 0) is 9.59 Å². The third-order valence-electron chi connectivity index (χ3n) is 3.92. The van der Waals surface area contributed by atoms with Crippen molar-refractivity contribution in [2.75, 3.05) is 0 Å². The number of aliphatic carboxylic acids is 1. The van der Waals surface area contributed by atoms with E-state index in [0.717, 1.165) is 12.8 Å². The molecule has 0 spiro atoms. The number of carboxylic acid groups (broad SMARTS) is 1. The number of carbonyl (C=O) groups excluding carboxylic acids is 1. The third-order valence-corrected chi connectivity index (χ3v) is 3.92. The van der Waals surface area contributed by atoms with Gasteiger partial charge in [0, 0.05) is 6.04 Å². The van der Waals surface area contributed by atoms with E-state index in [-0.39, 0.29) is 23.8 Å². The molecule has 1 amide bonds. The van der Waals surface area contributed by atoms with E-state index >= 15 is 0 Å². The molecule has 13 heavy (non-hydrogen) atoms. The van der Waals surface area contributed by atoms with Crippen LogP contribution in [0.5, 0.6) is 0 Å². The zero-order valence-electron chi connectivity index (χ0n) is 7.06. The van der Waals surface area contributed by atoms with Gasteiger partial charge >= 0.3 is 5.97 Å². The Morgan fingerprint density at radius 3 is 2.92 bits per heavy atom. The predicted molar refractivity (Wildman–Crippen MR) is 42.8 cm³/mol. The second-order valence-electron chi connectivity index (χ2n) is 4.40. The first-order chi connectivity index (χ1) is 6.18. The van der Waals surface area contributed by atoms with Crippen LogP contribution in [0, 0.1) is 23.7 Å². The Kier molecular flexibility index (Phi) is 1.16. The Labute approximate surface area is 75.3 Å². The van der Waals surface area contributed by atoms with Crippen molar-refractivity contribution in [3.63, 3.8) is 0 Å². The highest BCUT2D eigenvalue weighted by atomic mass is 16.4. The van der Waals surface area contributed by atoms with Crippen LogP contribution in [0.15, 0.2) is 0 Å². The topological polar surface area (TPSA) is 66.4 Å². The molecule has 3 fully saturated rings. The fraction of sp³-hybridized carbons (Fsp3) is 0.778. The largest absolute Gasteiger partial charge is 0.481 e. The highest BCUT2D eigenvalue weighted by Crippen LogP contribution is 2.55. The lowest BCUT2D eigenvalue weighted by atomic mass is 9.80. The van der Waals surface area contributed by atoms with Gasteiger partial charge in [-0.1, -0.05) is 0 Å². The summed E-state index contributed by atoms with van der Waals surface area (Å²) in [5, 5.41) is 11.9. The second kappa shape index (κ2) is 2.05. The quantitative estimate of drug-likeness (QED) is 0.590. The van der Waals surface area contributed by atoms with Gasteiger partial charge in [-0.3, -0.25) is 9.59 Å². The van der Waals surface area contributed by atoms with Crippen LogP contribution in [0.1, 0.15) is 12.8 Å². The van der Waals surface area contributed by atoms with Crippen LogP contribution in [0.4, 0.5) is 0 Å². The highest BCUT2D eigenvalue weighted by Gasteiger charge is 2.62. The summed E-state index contributed by atoms with van der Waals surface area (Å²) < 4.78 is 0. The molecule has 4 nitrogen and oxygen atoms in total. The van der Waals surface area contributed by atoms with Gasteiger partial charge in [-0.15, -0.1) is 0 Å². The summed E-state index contributed by atoms with van der Waals surface area (Å²) >= 11 is 0. The zero-order chi connectivity index (χ0) is 9.16.